The van der Waals surface area contributed by atoms with Crippen LogP contribution in [0.25, 0.3) is 0 Å². The number of aromatic nitrogens is 3. The molecule has 1 fully saturated rings. The molecular weight excluding hydrogens is 568 g/mol. The van der Waals surface area contributed by atoms with Gasteiger partial charge in [-0.1, -0.05) is 12.1 Å². The van der Waals surface area contributed by atoms with Gasteiger partial charge in [0.15, 0.2) is 0 Å². The van der Waals surface area contributed by atoms with Crippen molar-refractivity contribution in [3.05, 3.63) is 58.1 Å². The third-order valence-electron chi connectivity index (χ3n) is 5.43. The Bertz CT molecular complexity index is 1420. The van der Waals surface area contributed by atoms with E-state index in [0.29, 0.717) is 0 Å². The molecule has 0 atom stereocenters. The molecule has 1 aliphatic heterocycles. The lowest BCUT2D eigenvalue weighted by molar-refractivity contribution is -0.384. The number of nitrogens with zero attached hydrogens (tertiary/aromatic N) is 6. The molecule has 0 radical (unpaired) electrons. The number of anilines is 3. The van der Waals surface area contributed by atoms with Gasteiger partial charge in [-0.2, -0.15) is 41.3 Å². The first-order valence-electron chi connectivity index (χ1n) is 11.6. The molecule has 41 heavy (non-hydrogen) atoms. The third-order valence-corrected chi connectivity index (χ3v) is 5.43. The number of aliphatic imine (C=N–C) groups is 1. The van der Waals surface area contributed by atoms with Gasteiger partial charge >= 0.3 is 18.4 Å². The highest BCUT2D eigenvalue weighted by Gasteiger charge is 2.59. The molecule has 1 aliphatic rings. The number of nitro benzene ring substituents is 1. The Morgan fingerprint density at radius 1 is 1.07 bits per heavy atom. The largest absolute Gasteiger partial charge is 0.507 e. The lowest BCUT2D eigenvalue weighted by atomic mass is 10.2. The maximum atomic E-state index is 13.1. The highest BCUT2D eigenvalue weighted by Crippen LogP contribution is 2.36. The molecular formula is C23H19F6N7O5. The van der Waals surface area contributed by atoms with Crippen molar-refractivity contribution in [2.24, 2.45) is 4.99 Å². The van der Waals surface area contributed by atoms with E-state index in [0.717, 1.165) is 24.4 Å². The van der Waals surface area contributed by atoms with Gasteiger partial charge in [0.25, 0.3) is 11.8 Å². The van der Waals surface area contributed by atoms with Crippen LogP contribution in [-0.4, -0.2) is 76.0 Å². The summed E-state index contributed by atoms with van der Waals surface area (Å²) in [5.41, 5.74) is -0.00978. The van der Waals surface area contributed by atoms with Gasteiger partial charge in [0.05, 0.1) is 29.5 Å². The summed E-state index contributed by atoms with van der Waals surface area (Å²) < 4.78 is 88.3. The van der Waals surface area contributed by atoms with Crippen LogP contribution in [0.2, 0.25) is 0 Å². The number of ether oxygens (including phenoxy) is 2. The van der Waals surface area contributed by atoms with Gasteiger partial charge in [-0.15, -0.1) is 0 Å². The Hall–Kier alpha value is -4.74. The van der Waals surface area contributed by atoms with Crippen LogP contribution < -0.4 is 15.0 Å². The average Bonchev–Trinajstić information content (AvgIpc) is 2.91. The van der Waals surface area contributed by atoms with E-state index in [9.17, 15) is 41.6 Å². The zero-order valence-electron chi connectivity index (χ0n) is 20.6. The standard InChI is InChI=1S/C23H19F6N7O5/c24-22(25,26)18(23(27,28)29)41-21-33-19(32-20(34-21)35-7-9-40-10-8-35)31-16-4-2-1-3-15(16)30-12-13-11-14(36(38)39)5-6-17(13)37/h1-6,11-12,18,37H,7-10H2,(H,31,32,33,34). The number of morpholine rings is 1. The first-order valence-corrected chi connectivity index (χ1v) is 11.6. The van der Waals surface area contributed by atoms with E-state index in [-0.39, 0.29) is 60.6 Å². The van der Waals surface area contributed by atoms with E-state index in [2.05, 4.69) is 30.0 Å². The SMILES string of the molecule is O=[N+]([O-])c1ccc(O)c(C=Nc2ccccc2Nc2nc(OC(C(F)(F)F)C(F)(F)F)nc(N3CCOCC3)n2)c1. The van der Waals surface area contributed by atoms with E-state index >= 15 is 0 Å². The number of phenolic OH excluding ortho intramolecular Hbond substituents is 1. The molecule has 2 aromatic carbocycles. The van der Waals surface area contributed by atoms with Crippen molar-refractivity contribution >= 4 is 35.2 Å². The smallest absolute Gasteiger partial charge is 0.434 e. The van der Waals surface area contributed by atoms with Crippen LogP contribution in [0.5, 0.6) is 11.8 Å². The van der Waals surface area contributed by atoms with Crippen LogP contribution in [0.15, 0.2) is 47.5 Å². The quantitative estimate of drug-likeness (QED) is 0.165. The summed E-state index contributed by atoms with van der Waals surface area (Å²) in [5.74, 6) is -1.02. The maximum absolute atomic E-state index is 13.1. The number of hydrogen-bond donors (Lipinski definition) is 2. The van der Waals surface area contributed by atoms with Crippen LogP contribution in [0.4, 0.5) is 55.3 Å². The fraction of sp³-hybridized carbons (Fsp3) is 0.304. The number of nitrogens with one attached hydrogen (secondary N) is 1. The molecule has 0 saturated carbocycles. The van der Waals surface area contributed by atoms with Crippen molar-refractivity contribution in [2.45, 2.75) is 18.5 Å². The van der Waals surface area contributed by atoms with Crippen molar-refractivity contribution < 1.29 is 45.8 Å². The summed E-state index contributed by atoms with van der Waals surface area (Å²) in [7, 11) is 0. The zero-order chi connectivity index (χ0) is 29.8. The molecule has 0 spiro atoms. The van der Waals surface area contributed by atoms with Gasteiger partial charge in [0.1, 0.15) is 5.75 Å². The second-order valence-corrected chi connectivity index (χ2v) is 8.32. The number of para-hydroxylation sites is 2. The summed E-state index contributed by atoms with van der Waals surface area (Å²) >= 11 is 0. The summed E-state index contributed by atoms with van der Waals surface area (Å²) in [6.07, 6.45) is -14.7. The Labute approximate surface area is 226 Å². The number of hydrogen-bond acceptors (Lipinski definition) is 11. The number of aromatic hydroxyl groups is 1. The van der Waals surface area contributed by atoms with Crippen LogP contribution in [-0.2, 0) is 4.74 Å². The predicted octanol–water partition coefficient (Wildman–Crippen LogP) is 4.69. The number of phenols is 1. The molecule has 4 rings (SSSR count). The molecule has 1 aromatic heterocycles. The minimum atomic E-state index is -5.81. The van der Waals surface area contributed by atoms with Crippen molar-refractivity contribution in [1.82, 2.24) is 15.0 Å². The topological polar surface area (TPSA) is 148 Å². The number of halogens is 6. The lowest BCUT2D eigenvalue weighted by Gasteiger charge is -2.27. The van der Waals surface area contributed by atoms with Gasteiger partial charge in [-0.3, -0.25) is 15.1 Å². The Kier molecular flexibility index (Phi) is 8.41. The van der Waals surface area contributed by atoms with Crippen LogP contribution in [0, 0.1) is 10.1 Å². The number of alkyl halides is 6. The summed E-state index contributed by atoms with van der Waals surface area (Å²) in [6, 6.07) is 8.07. The fourth-order valence-electron chi connectivity index (χ4n) is 3.49. The molecule has 0 aliphatic carbocycles. The molecule has 218 valence electrons. The van der Waals surface area contributed by atoms with E-state index in [1.165, 1.54) is 23.1 Å². The third kappa shape index (κ3) is 7.47. The van der Waals surface area contributed by atoms with Crippen molar-refractivity contribution in [3.8, 4) is 11.8 Å². The zero-order valence-corrected chi connectivity index (χ0v) is 20.6. The van der Waals surface area contributed by atoms with Crippen LogP contribution >= 0.6 is 0 Å². The van der Waals surface area contributed by atoms with E-state index in [4.69, 9.17) is 4.74 Å². The summed E-state index contributed by atoms with van der Waals surface area (Å²) in [4.78, 5) is 27.4. The molecule has 1 saturated heterocycles. The Balaban J connectivity index is 1.69. The molecule has 2 N–H and O–H groups in total. The first kappa shape index (κ1) is 29.2. The number of non-ortho nitro benzene ring substituents is 1. The maximum Gasteiger partial charge on any atom is 0.434 e. The van der Waals surface area contributed by atoms with Gasteiger partial charge in [0.2, 0.25) is 11.9 Å². The van der Waals surface area contributed by atoms with Gasteiger partial charge in [-0.05, 0) is 18.2 Å². The van der Waals surface area contributed by atoms with E-state index in [1.54, 1.807) is 6.07 Å². The van der Waals surface area contributed by atoms with Crippen LogP contribution in [0.3, 0.4) is 0 Å². The van der Waals surface area contributed by atoms with Crippen molar-refractivity contribution in [1.29, 1.82) is 0 Å². The second kappa shape index (κ2) is 11.8. The second-order valence-electron chi connectivity index (χ2n) is 8.32. The minimum absolute atomic E-state index is 0.00444. The predicted molar refractivity (Wildman–Crippen MR) is 131 cm³/mol. The molecule has 0 amide bonds. The summed E-state index contributed by atoms with van der Waals surface area (Å²) in [6.45, 7) is 0.803. The average molecular weight is 587 g/mol. The summed E-state index contributed by atoms with van der Waals surface area (Å²) in [5, 5.41) is 23.8. The normalized spacial score (nSPS) is 14.5. The molecule has 18 heteroatoms. The number of nitro groups is 1. The highest BCUT2D eigenvalue weighted by atomic mass is 19.4. The monoisotopic (exact) mass is 587 g/mol. The fourth-order valence-corrected chi connectivity index (χ4v) is 3.49. The number of benzene rings is 2. The lowest BCUT2D eigenvalue weighted by Crippen LogP contribution is -2.47. The minimum Gasteiger partial charge on any atom is -0.507 e. The van der Waals surface area contributed by atoms with E-state index < -0.39 is 35.3 Å². The Morgan fingerprint density at radius 3 is 2.41 bits per heavy atom. The molecule has 12 nitrogen and oxygen atoms in total. The van der Waals surface area contributed by atoms with Crippen molar-refractivity contribution in [3.63, 3.8) is 0 Å². The molecule has 3 aromatic rings. The molecule has 2 heterocycles. The molecule has 0 bridgehead atoms. The van der Waals surface area contributed by atoms with Crippen LogP contribution in [0.1, 0.15) is 5.56 Å². The number of rotatable bonds is 8. The van der Waals surface area contributed by atoms with Gasteiger partial charge in [0, 0.05) is 37.0 Å². The van der Waals surface area contributed by atoms with Gasteiger partial charge < -0.3 is 24.8 Å². The Morgan fingerprint density at radius 2 is 1.76 bits per heavy atom. The first-order chi connectivity index (χ1) is 19.3. The van der Waals surface area contributed by atoms with E-state index in [1.807, 2.05) is 0 Å². The van der Waals surface area contributed by atoms with Crippen molar-refractivity contribution in [2.75, 3.05) is 36.5 Å². The highest BCUT2D eigenvalue weighted by molar-refractivity contribution is 5.88. The van der Waals surface area contributed by atoms with Gasteiger partial charge in [-0.25, -0.2) is 0 Å². The molecule has 0 unspecified atom stereocenters.